The zero-order valence-corrected chi connectivity index (χ0v) is 8.29. The van der Waals surface area contributed by atoms with Crippen molar-refractivity contribution < 1.29 is 0 Å². The van der Waals surface area contributed by atoms with Crippen LogP contribution in [0.15, 0.2) is 24.3 Å². The molecular weight excluding hydrogens is 176 g/mol. The Morgan fingerprint density at radius 3 is 1.86 bits per heavy atom. The van der Waals surface area contributed by atoms with Crippen LogP contribution in [-0.2, 0) is 13.1 Å². The molecule has 0 saturated heterocycles. The van der Waals surface area contributed by atoms with Gasteiger partial charge in [0.2, 0.25) is 0 Å². The first kappa shape index (κ1) is 11.1. The van der Waals surface area contributed by atoms with E-state index in [1.54, 1.807) is 0 Å². The van der Waals surface area contributed by atoms with Crippen molar-refractivity contribution in [2.75, 3.05) is 13.3 Å². The molecule has 0 spiro atoms. The van der Waals surface area contributed by atoms with Crippen LogP contribution in [0, 0.1) is 0 Å². The van der Waals surface area contributed by atoms with Crippen LogP contribution in [0.5, 0.6) is 0 Å². The van der Waals surface area contributed by atoms with E-state index in [2.05, 4.69) is 28.8 Å². The molecule has 0 fully saturated rings. The molecule has 0 bridgehead atoms. The van der Waals surface area contributed by atoms with Crippen molar-refractivity contribution in [3.63, 3.8) is 0 Å². The second-order valence-electron chi connectivity index (χ2n) is 3.08. The Balaban J connectivity index is 2.50. The molecule has 0 aliphatic carbocycles. The van der Waals surface area contributed by atoms with Gasteiger partial charge in [-0.25, -0.2) is 0 Å². The normalized spacial score (nSPS) is 10.4. The van der Waals surface area contributed by atoms with Gasteiger partial charge in [0.05, 0.1) is 0 Å². The van der Waals surface area contributed by atoms with Gasteiger partial charge in [0.1, 0.15) is 0 Å². The Hall–Kier alpha value is -0.940. The van der Waals surface area contributed by atoms with Crippen LogP contribution in [0.3, 0.4) is 0 Å². The maximum Gasteiger partial charge on any atom is 0.0431 e. The van der Waals surface area contributed by atoms with Crippen molar-refractivity contribution in [1.29, 1.82) is 0 Å². The van der Waals surface area contributed by atoms with E-state index in [9.17, 15) is 0 Å². The maximum absolute atomic E-state index is 5.35. The highest BCUT2D eigenvalue weighted by molar-refractivity contribution is 5.23. The molecular formula is C10H18N4. The van der Waals surface area contributed by atoms with Gasteiger partial charge in [0.25, 0.3) is 0 Å². The Labute approximate surface area is 84.7 Å². The lowest BCUT2D eigenvalue weighted by Crippen LogP contribution is -2.22. The molecule has 1 aromatic carbocycles. The fraction of sp³-hybridized carbons (Fsp3) is 0.400. The molecule has 1 aromatic rings. The summed E-state index contributed by atoms with van der Waals surface area (Å²) in [7, 11) is 0. The topological polar surface area (TPSA) is 76.1 Å². The molecule has 0 saturated carbocycles. The molecule has 14 heavy (non-hydrogen) atoms. The van der Waals surface area contributed by atoms with Gasteiger partial charge in [-0.15, -0.1) is 0 Å². The van der Waals surface area contributed by atoms with Crippen LogP contribution in [-0.4, -0.2) is 13.3 Å². The van der Waals surface area contributed by atoms with Crippen molar-refractivity contribution in [3.05, 3.63) is 35.4 Å². The molecule has 1 rings (SSSR count). The summed E-state index contributed by atoms with van der Waals surface area (Å²) in [5.41, 5.74) is 13.2. The lowest BCUT2D eigenvalue weighted by molar-refractivity contribution is 0.696. The quantitative estimate of drug-likeness (QED) is 0.469. The molecule has 6 N–H and O–H groups in total. The van der Waals surface area contributed by atoms with Crippen LogP contribution in [0.1, 0.15) is 11.1 Å². The van der Waals surface area contributed by atoms with Crippen molar-refractivity contribution in [2.24, 2.45) is 11.5 Å². The lowest BCUT2D eigenvalue weighted by Gasteiger charge is -2.06. The van der Waals surface area contributed by atoms with Crippen LogP contribution < -0.4 is 22.1 Å². The first-order valence-corrected chi connectivity index (χ1v) is 4.76. The molecule has 0 aromatic heterocycles. The SMILES string of the molecule is NCNCc1cccc(CNCN)c1. The van der Waals surface area contributed by atoms with Gasteiger partial charge in [-0.2, -0.15) is 0 Å². The van der Waals surface area contributed by atoms with E-state index in [0.29, 0.717) is 13.3 Å². The standard InChI is InChI=1S/C10H18N4/c11-7-13-5-9-2-1-3-10(4-9)6-14-8-12/h1-4,13-14H,5-8,11-12H2. The predicted octanol–water partition coefficient (Wildman–Crippen LogP) is -0.302. The summed E-state index contributed by atoms with van der Waals surface area (Å²) in [6, 6.07) is 8.34. The first-order valence-electron chi connectivity index (χ1n) is 4.76. The van der Waals surface area contributed by atoms with Crippen LogP contribution >= 0.6 is 0 Å². The molecule has 0 unspecified atom stereocenters. The number of rotatable bonds is 6. The smallest absolute Gasteiger partial charge is 0.0431 e. The Morgan fingerprint density at radius 2 is 1.43 bits per heavy atom. The fourth-order valence-electron chi connectivity index (χ4n) is 1.28. The zero-order valence-electron chi connectivity index (χ0n) is 8.29. The van der Waals surface area contributed by atoms with Crippen molar-refractivity contribution >= 4 is 0 Å². The third-order valence-electron chi connectivity index (χ3n) is 1.94. The molecule has 78 valence electrons. The number of nitrogens with one attached hydrogen (secondary N) is 2. The van der Waals surface area contributed by atoms with Gasteiger partial charge in [-0.05, 0) is 11.1 Å². The highest BCUT2D eigenvalue weighted by Gasteiger charge is 1.94. The molecule has 4 nitrogen and oxygen atoms in total. The minimum absolute atomic E-state index is 0.505. The van der Waals surface area contributed by atoms with Gasteiger partial charge in [0, 0.05) is 26.4 Å². The van der Waals surface area contributed by atoms with Crippen molar-refractivity contribution in [3.8, 4) is 0 Å². The molecule has 0 heterocycles. The van der Waals surface area contributed by atoms with Crippen molar-refractivity contribution in [2.45, 2.75) is 13.1 Å². The average Bonchev–Trinajstić information content (AvgIpc) is 2.24. The Morgan fingerprint density at radius 1 is 0.929 bits per heavy atom. The minimum atomic E-state index is 0.505. The third kappa shape index (κ3) is 3.85. The second kappa shape index (κ2) is 6.50. The largest absolute Gasteiger partial charge is 0.318 e. The van der Waals surface area contributed by atoms with E-state index < -0.39 is 0 Å². The number of benzene rings is 1. The van der Waals surface area contributed by atoms with Crippen LogP contribution in [0.25, 0.3) is 0 Å². The zero-order chi connectivity index (χ0) is 10.2. The summed E-state index contributed by atoms with van der Waals surface area (Å²) in [5.74, 6) is 0. The van der Waals surface area contributed by atoms with E-state index in [1.807, 2.05) is 6.07 Å². The van der Waals surface area contributed by atoms with E-state index in [4.69, 9.17) is 11.5 Å². The summed E-state index contributed by atoms with van der Waals surface area (Å²) in [6.07, 6.45) is 0. The summed E-state index contributed by atoms with van der Waals surface area (Å²) < 4.78 is 0. The summed E-state index contributed by atoms with van der Waals surface area (Å²) in [4.78, 5) is 0. The number of nitrogens with two attached hydrogens (primary N) is 2. The van der Waals surface area contributed by atoms with E-state index in [0.717, 1.165) is 13.1 Å². The molecule has 4 heteroatoms. The van der Waals surface area contributed by atoms with Gasteiger partial charge >= 0.3 is 0 Å². The highest BCUT2D eigenvalue weighted by Crippen LogP contribution is 2.04. The maximum atomic E-state index is 5.35. The fourth-order valence-corrected chi connectivity index (χ4v) is 1.28. The molecule has 0 atom stereocenters. The van der Waals surface area contributed by atoms with E-state index in [1.165, 1.54) is 11.1 Å². The van der Waals surface area contributed by atoms with Gasteiger partial charge < -0.3 is 22.1 Å². The Bertz CT molecular complexity index is 239. The summed E-state index contributed by atoms with van der Waals surface area (Å²) in [6.45, 7) is 2.64. The van der Waals surface area contributed by atoms with E-state index in [-0.39, 0.29) is 0 Å². The highest BCUT2D eigenvalue weighted by atomic mass is 15.0. The number of hydrogen-bond donors (Lipinski definition) is 4. The van der Waals surface area contributed by atoms with E-state index >= 15 is 0 Å². The molecule has 0 amide bonds. The monoisotopic (exact) mass is 194 g/mol. The minimum Gasteiger partial charge on any atom is -0.318 e. The molecule has 0 aliphatic rings. The van der Waals surface area contributed by atoms with Gasteiger partial charge in [0.15, 0.2) is 0 Å². The summed E-state index contributed by atoms with van der Waals surface area (Å²) >= 11 is 0. The Kier molecular flexibility index (Phi) is 5.17. The lowest BCUT2D eigenvalue weighted by atomic mass is 10.1. The van der Waals surface area contributed by atoms with Gasteiger partial charge in [-0.3, -0.25) is 0 Å². The van der Waals surface area contributed by atoms with Gasteiger partial charge in [-0.1, -0.05) is 24.3 Å². The third-order valence-corrected chi connectivity index (χ3v) is 1.94. The predicted molar refractivity (Wildman–Crippen MR) is 58.2 cm³/mol. The second-order valence-corrected chi connectivity index (χ2v) is 3.08. The van der Waals surface area contributed by atoms with Crippen LogP contribution in [0.4, 0.5) is 0 Å². The first-order chi connectivity index (χ1) is 6.86. The molecule has 0 radical (unpaired) electrons. The average molecular weight is 194 g/mol. The molecule has 0 aliphatic heterocycles. The summed E-state index contributed by atoms with van der Waals surface area (Å²) in [5, 5.41) is 6.16. The van der Waals surface area contributed by atoms with Crippen molar-refractivity contribution in [1.82, 2.24) is 10.6 Å². The van der Waals surface area contributed by atoms with Crippen LogP contribution in [0.2, 0.25) is 0 Å². The number of hydrogen-bond acceptors (Lipinski definition) is 4.